The van der Waals surface area contributed by atoms with Gasteiger partial charge in [-0.1, -0.05) is 0 Å². The number of nitrogens with two attached hydrogens (primary N) is 1. The maximum atomic E-state index is 9.74. The largest absolute Gasteiger partial charge is 0.493 e. The Morgan fingerprint density at radius 3 is 2.72 bits per heavy atom. The van der Waals surface area contributed by atoms with Gasteiger partial charge in [0.25, 0.3) is 0 Å². The number of nitrogens with one attached hydrogen (secondary N) is 1. The summed E-state index contributed by atoms with van der Waals surface area (Å²) in [6.45, 7) is 2.44. The van der Waals surface area contributed by atoms with Gasteiger partial charge in [-0.2, -0.15) is 5.26 Å². The molecule has 3 heterocycles. The summed E-state index contributed by atoms with van der Waals surface area (Å²) in [4.78, 5) is 4.07. The number of hydrogen-bond acceptors (Lipinski definition) is 7. The smallest absolute Gasteiger partial charge is 0.244 e. The Labute approximate surface area is 167 Å². The van der Waals surface area contributed by atoms with Crippen molar-refractivity contribution in [3.8, 4) is 34.7 Å². The van der Waals surface area contributed by atoms with E-state index in [0.717, 1.165) is 16.7 Å². The van der Waals surface area contributed by atoms with Gasteiger partial charge in [-0.25, -0.2) is 0 Å². The Balaban J connectivity index is 1.89. The van der Waals surface area contributed by atoms with Crippen LogP contribution in [0.3, 0.4) is 0 Å². The number of H-pyrrole nitrogens is 1. The quantitative estimate of drug-likeness (QED) is 0.688. The average Bonchev–Trinajstić information content (AvgIpc) is 3.17. The van der Waals surface area contributed by atoms with E-state index in [1.165, 1.54) is 0 Å². The molecule has 0 amide bonds. The molecule has 1 aliphatic rings. The highest BCUT2D eigenvalue weighted by Crippen LogP contribution is 2.46. The number of nitriles is 1. The van der Waals surface area contributed by atoms with E-state index >= 15 is 0 Å². The number of methoxy groups -OCH3 is 1. The van der Waals surface area contributed by atoms with Crippen LogP contribution < -0.4 is 19.9 Å². The molecule has 3 aromatic rings. The third-order valence-electron chi connectivity index (χ3n) is 4.73. The highest BCUT2D eigenvalue weighted by Gasteiger charge is 2.35. The Hall–Kier alpha value is -3.99. The molecule has 8 nitrogen and oxygen atoms in total. The van der Waals surface area contributed by atoms with Gasteiger partial charge in [0, 0.05) is 18.0 Å². The molecule has 0 aliphatic carbocycles. The molecule has 1 aromatic carbocycles. The van der Waals surface area contributed by atoms with Crippen molar-refractivity contribution in [1.82, 2.24) is 15.2 Å². The van der Waals surface area contributed by atoms with Crippen LogP contribution in [0.1, 0.15) is 24.0 Å². The number of nitrogens with zero attached hydrogens (tertiary/aromatic N) is 3. The molecule has 0 unspecified atom stereocenters. The van der Waals surface area contributed by atoms with Crippen LogP contribution in [0.2, 0.25) is 0 Å². The Kier molecular flexibility index (Phi) is 4.79. The molecule has 0 saturated heterocycles. The summed E-state index contributed by atoms with van der Waals surface area (Å²) >= 11 is 0. The minimum atomic E-state index is -0.432. The van der Waals surface area contributed by atoms with Crippen molar-refractivity contribution in [2.24, 2.45) is 5.73 Å². The fourth-order valence-electron chi connectivity index (χ4n) is 3.45. The van der Waals surface area contributed by atoms with Gasteiger partial charge in [-0.3, -0.25) is 10.1 Å². The van der Waals surface area contributed by atoms with Crippen molar-refractivity contribution in [2.45, 2.75) is 12.8 Å². The van der Waals surface area contributed by atoms with Gasteiger partial charge in [-0.05, 0) is 42.8 Å². The first-order valence-corrected chi connectivity index (χ1v) is 9.04. The van der Waals surface area contributed by atoms with Crippen LogP contribution in [-0.4, -0.2) is 28.9 Å². The van der Waals surface area contributed by atoms with E-state index in [1.807, 2.05) is 37.3 Å². The molecule has 0 fully saturated rings. The number of ether oxygens (including phenoxy) is 3. The van der Waals surface area contributed by atoms with Gasteiger partial charge in [0.05, 0.1) is 30.9 Å². The lowest BCUT2D eigenvalue weighted by molar-refractivity contribution is 0.311. The number of allylic oxidation sites excluding steroid dienone is 1. The average molecular weight is 389 g/mol. The highest BCUT2D eigenvalue weighted by atomic mass is 16.5. The molecular formula is C21H19N5O3. The molecule has 0 saturated carbocycles. The van der Waals surface area contributed by atoms with E-state index < -0.39 is 5.92 Å². The van der Waals surface area contributed by atoms with Gasteiger partial charge in [0.15, 0.2) is 11.5 Å². The number of benzene rings is 1. The lowest BCUT2D eigenvalue weighted by Crippen LogP contribution is -2.21. The van der Waals surface area contributed by atoms with Crippen LogP contribution >= 0.6 is 0 Å². The second-order valence-electron chi connectivity index (χ2n) is 6.32. The van der Waals surface area contributed by atoms with Crippen LogP contribution in [-0.2, 0) is 0 Å². The van der Waals surface area contributed by atoms with E-state index in [2.05, 4.69) is 21.3 Å². The van der Waals surface area contributed by atoms with E-state index in [-0.39, 0.29) is 5.88 Å². The Morgan fingerprint density at radius 2 is 2.03 bits per heavy atom. The van der Waals surface area contributed by atoms with Crippen LogP contribution in [0.25, 0.3) is 11.3 Å². The maximum absolute atomic E-state index is 9.74. The summed E-state index contributed by atoms with van der Waals surface area (Å²) in [6.07, 6.45) is 3.35. The second-order valence-corrected chi connectivity index (χ2v) is 6.32. The van der Waals surface area contributed by atoms with Crippen molar-refractivity contribution in [1.29, 1.82) is 5.26 Å². The van der Waals surface area contributed by atoms with Crippen molar-refractivity contribution in [2.75, 3.05) is 13.7 Å². The molecule has 0 radical (unpaired) electrons. The molecule has 1 atom stereocenters. The third kappa shape index (κ3) is 3.12. The summed E-state index contributed by atoms with van der Waals surface area (Å²) in [7, 11) is 1.59. The summed E-state index contributed by atoms with van der Waals surface area (Å²) in [6, 6.07) is 11.5. The molecule has 0 bridgehead atoms. The Bertz CT molecular complexity index is 1120. The van der Waals surface area contributed by atoms with E-state index in [0.29, 0.717) is 35.3 Å². The molecule has 8 heteroatoms. The van der Waals surface area contributed by atoms with E-state index in [4.69, 9.17) is 19.9 Å². The van der Waals surface area contributed by atoms with Crippen molar-refractivity contribution >= 4 is 0 Å². The van der Waals surface area contributed by atoms with Crippen molar-refractivity contribution < 1.29 is 14.2 Å². The number of aromatic amines is 1. The SMILES string of the molecule is CCOc1ccc(-c2[nH]nc3c2[C@H](c2ccncc2)C(C#N)=C(N)O3)cc1OC. The minimum absolute atomic E-state index is 0.0455. The minimum Gasteiger partial charge on any atom is -0.493 e. The zero-order valence-electron chi connectivity index (χ0n) is 16.0. The summed E-state index contributed by atoms with van der Waals surface area (Å²) in [5.74, 6) is 1.20. The van der Waals surface area contributed by atoms with Crippen LogP contribution in [0.15, 0.2) is 54.2 Å². The third-order valence-corrected chi connectivity index (χ3v) is 4.73. The number of pyridine rings is 1. The van der Waals surface area contributed by atoms with Gasteiger partial charge in [-0.15, -0.1) is 5.10 Å². The maximum Gasteiger partial charge on any atom is 0.244 e. The predicted octanol–water partition coefficient (Wildman–Crippen LogP) is 3.10. The fourth-order valence-corrected chi connectivity index (χ4v) is 3.45. The normalized spacial score (nSPS) is 15.3. The predicted molar refractivity (Wildman–Crippen MR) is 105 cm³/mol. The lowest BCUT2D eigenvalue weighted by Gasteiger charge is -2.24. The summed E-state index contributed by atoms with van der Waals surface area (Å²) in [5.41, 5.74) is 9.46. The summed E-state index contributed by atoms with van der Waals surface area (Å²) < 4.78 is 16.7. The second kappa shape index (κ2) is 7.56. The molecule has 0 spiro atoms. The van der Waals surface area contributed by atoms with Gasteiger partial charge >= 0.3 is 0 Å². The molecule has 2 aromatic heterocycles. The van der Waals surface area contributed by atoms with Crippen LogP contribution in [0.5, 0.6) is 17.4 Å². The Morgan fingerprint density at radius 1 is 1.24 bits per heavy atom. The van der Waals surface area contributed by atoms with Gasteiger partial charge < -0.3 is 19.9 Å². The van der Waals surface area contributed by atoms with E-state index in [1.54, 1.807) is 19.5 Å². The van der Waals surface area contributed by atoms with Crippen LogP contribution in [0, 0.1) is 11.3 Å². The topological polar surface area (TPSA) is 119 Å². The lowest BCUT2D eigenvalue weighted by atomic mass is 9.83. The first-order chi connectivity index (χ1) is 14.2. The first kappa shape index (κ1) is 18.4. The number of fused-ring (bicyclic) bond motifs is 1. The molecule has 146 valence electrons. The fraction of sp³-hybridized carbons (Fsp3) is 0.190. The van der Waals surface area contributed by atoms with Crippen LogP contribution in [0.4, 0.5) is 0 Å². The van der Waals surface area contributed by atoms with E-state index in [9.17, 15) is 5.26 Å². The van der Waals surface area contributed by atoms with Crippen molar-refractivity contribution in [3.63, 3.8) is 0 Å². The molecule has 1 aliphatic heterocycles. The highest BCUT2D eigenvalue weighted by molar-refractivity contribution is 5.72. The summed E-state index contributed by atoms with van der Waals surface area (Å²) in [5, 5.41) is 17.1. The number of aromatic nitrogens is 3. The zero-order chi connectivity index (χ0) is 20.4. The number of hydrogen-bond donors (Lipinski definition) is 2. The molecule has 29 heavy (non-hydrogen) atoms. The van der Waals surface area contributed by atoms with Crippen molar-refractivity contribution in [3.05, 3.63) is 65.3 Å². The monoisotopic (exact) mass is 389 g/mol. The first-order valence-electron chi connectivity index (χ1n) is 9.04. The standard InChI is InChI=1S/C21H19N5O3/c1-3-28-15-5-4-13(10-16(15)27-2)19-18-17(12-6-8-24-9-7-12)14(11-22)20(23)29-21(18)26-25-19/h4-10,17H,3,23H2,1-2H3,(H,25,26)/t17-/m1/s1. The van der Waals surface area contributed by atoms with Gasteiger partial charge in [0.2, 0.25) is 11.8 Å². The number of rotatable bonds is 5. The zero-order valence-corrected chi connectivity index (χ0v) is 16.0. The molecular weight excluding hydrogens is 370 g/mol. The molecule has 4 rings (SSSR count). The molecule has 3 N–H and O–H groups in total. The van der Waals surface area contributed by atoms with Gasteiger partial charge in [0.1, 0.15) is 11.6 Å².